The number of hydrogen-bond acceptors (Lipinski definition) is 2. The molecule has 1 aliphatic carbocycles. The molecule has 0 spiro atoms. The van der Waals surface area contributed by atoms with Crippen molar-refractivity contribution < 1.29 is 9.64 Å². The average molecular weight is 275 g/mol. The molecule has 2 fully saturated rings. The molecule has 0 amide bonds. The largest absolute Gasteiger partial charge is 0.495 e. The molecule has 1 saturated heterocycles. The van der Waals surface area contributed by atoms with Gasteiger partial charge in [0.15, 0.2) is 0 Å². The van der Waals surface area contributed by atoms with E-state index in [2.05, 4.69) is 30.0 Å². The number of piperazine rings is 1. The average Bonchev–Trinajstić information content (AvgIpc) is 2.94. The van der Waals surface area contributed by atoms with Gasteiger partial charge in [-0.25, -0.2) is 0 Å². The van der Waals surface area contributed by atoms with Crippen LogP contribution in [0.15, 0.2) is 24.3 Å². The van der Waals surface area contributed by atoms with Gasteiger partial charge >= 0.3 is 0 Å². The highest BCUT2D eigenvalue weighted by Gasteiger charge is 2.32. The van der Waals surface area contributed by atoms with Gasteiger partial charge in [0.25, 0.3) is 0 Å². The van der Waals surface area contributed by atoms with Gasteiger partial charge in [-0.1, -0.05) is 19.1 Å². The van der Waals surface area contributed by atoms with Gasteiger partial charge in [0.1, 0.15) is 5.75 Å². The summed E-state index contributed by atoms with van der Waals surface area (Å²) in [5, 5.41) is 0. The Kier molecular flexibility index (Phi) is 4.16. The van der Waals surface area contributed by atoms with E-state index in [1.807, 2.05) is 11.0 Å². The van der Waals surface area contributed by atoms with Gasteiger partial charge in [-0.3, -0.25) is 0 Å². The number of anilines is 1. The number of quaternary nitrogens is 1. The monoisotopic (exact) mass is 275 g/mol. The Morgan fingerprint density at radius 2 is 1.90 bits per heavy atom. The summed E-state index contributed by atoms with van der Waals surface area (Å²) in [7, 11) is 1.76. The Bertz CT molecular complexity index is 440. The van der Waals surface area contributed by atoms with E-state index in [0.29, 0.717) is 0 Å². The van der Waals surface area contributed by atoms with Gasteiger partial charge in [-0.2, -0.15) is 0 Å². The number of nitrogens with one attached hydrogen (secondary N) is 1. The standard InChI is InChI=1S/C17H26N2O/c1-14-7-8-15(13-14)18-9-11-19(12-10-18)16-5-3-4-6-17(16)20-2/h3-6,14-15H,7-13H2,1-2H3/p+1/t14-,15+/m1/s1. The van der Waals surface area contributed by atoms with Crippen LogP contribution in [0.1, 0.15) is 26.2 Å². The lowest BCUT2D eigenvalue weighted by atomic mass is 10.1. The first-order valence-corrected chi connectivity index (χ1v) is 8.00. The lowest BCUT2D eigenvalue weighted by Gasteiger charge is -2.37. The molecule has 1 saturated carbocycles. The van der Waals surface area contributed by atoms with E-state index in [1.54, 1.807) is 7.11 Å². The molecule has 0 unspecified atom stereocenters. The zero-order valence-electron chi connectivity index (χ0n) is 12.8. The maximum absolute atomic E-state index is 5.49. The third-order valence-electron chi connectivity index (χ3n) is 5.10. The van der Waals surface area contributed by atoms with Crippen molar-refractivity contribution in [2.75, 3.05) is 38.2 Å². The fraction of sp³-hybridized carbons (Fsp3) is 0.647. The fourth-order valence-corrected chi connectivity index (χ4v) is 3.91. The Morgan fingerprint density at radius 3 is 2.55 bits per heavy atom. The van der Waals surface area contributed by atoms with Crippen LogP contribution in [0.2, 0.25) is 0 Å². The molecule has 0 bridgehead atoms. The molecule has 1 heterocycles. The molecule has 3 rings (SSSR count). The summed E-state index contributed by atoms with van der Waals surface area (Å²) in [6.45, 7) is 7.26. The van der Waals surface area contributed by atoms with Crippen LogP contribution in [0.3, 0.4) is 0 Å². The molecule has 1 aliphatic heterocycles. The number of para-hydroxylation sites is 2. The van der Waals surface area contributed by atoms with Gasteiger partial charge in [-0.15, -0.1) is 0 Å². The van der Waals surface area contributed by atoms with E-state index < -0.39 is 0 Å². The smallest absolute Gasteiger partial charge is 0.142 e. The summed E-state index contributed by atoms with van der Waals surface area (Å²) in [6, 6.07) is 9.32. The van der Waals surface area contributed by atoms with Crippen LogP contribution < -0.4 is 14.5 Å². The van der Waals surface area contributed by atoms with Crippen LogP contribution in [0, 0.1) is 5.92 Å². The molecule has 1 aromatic carbocycles. The van der Waals surface area contributed by atoms with Gasteiger partial charge in [0, 0.05) is 6.42 Å². The molecule has 1 N–H and O–H groups in total. The lowest BCUT2D eigenvalue weighted by Crippen LogP contribution is -3.18. The van der Waals surface area contributed by atoms with Crippen LogP contribution in [0.5, 0.6) is 5.75 Å². The maximum atomic E-state index is 5.49. The lowest BCUT2D eigenvalue weighted by molar-refractivity contribution is -0.925. The highest BCUT2D eigenvalue weighted by Crippen LogP contribution is 2.28. The van der Waals surface area contributed by atoms with Crippen LogP contribution in [0.25, 0.3) is 0 Å². The second-order valence-corrected chi connectivity index (χ2v) is 6.43. The zero-order chi connectivity index (χ0) is 13.9. The van der Waals surface area contributed by atoms with Gasteiger partial charge in [-0.05, 0) is 30.9 Å². The highest BCUT2D eigenvalue weighted by atomic mass is 16.5. The van der Waals surface area contributed by atoms with Gasteiger partial charge < -0.3 is 14.5 Å². The predicted molar refractivity (Wildman–Crippen MR) is 82.7 cm³/mol. The first kappa shape index (κ1) is 13.7. The Labute approximate surface area is 122 Å². The normalized spacial score (nSPS) is 27.8. The Morgan fingerprint density at radius 1 is 1.15 bits per heavy atom. The third-order valence-corrected chi connectivity index (χ3v) is 5.10. The number of benzene rings is 1. The second-order valence-electron chi connectivity index (χ2n) is 6.43. The van der Waals surface area contributed by atoms with E-state index in [9.17, 15) is 0 Å². The first-order valence-electron chi connectivity index (χ1n) is 8.00. The van der Waals surface area contributed by atoms with E-state index in [4.69, 9.17) is 4.74 Å². The second kappa shape index (κ2) is 6.04. The molecule has 0 aromatic heterocycles. The summed E-state index contributed by atoms with van der Waals surface area (Å²) >= 11 is 0. The topological polar surface area (TPSA) is 16.9 Å². The molecular formula is C17H27N2O+. The van der Waals surface area contributed by atoms with Crippen LogP contribution in [-0.2, 0) is 0 Å². The van der Waals surface area contributed by atoms with E-state index in [1.165, 1.54) is 38.0 Å². The zero-order valence-corrected chi connectivity index (χ0v) is 12.8. The third kappa shape index (κ3) is 2.78. The first-order chi connectivity index (χ1) is 9.78. The molecule has 2 aliphatic rings. The minimum Gasteiger partial charge on any atom is -0.495 e. The Hall–Kier alpha value is -1.22. The highest BCUT2D eigenvalue weighted by molar-refractivity contribution is 5.58. The molecule has 20 heavy (non-hydrogen) atoms. The molecule has 0 radical (unpaired) electrons. The van der Waals surface area contributed by atoms with Crippen molar-refractivity contribution in [1.82, 2.24) is 0 Å². The number of nitrogens with zero attached hydrogens (tertiary/aromatic N) is 1. The van der Waals surface area contributed by atoms with Gasteiger partial charge in [0.2, 0.25) is 0 Å². The van der Waals surface area contributed by atoms with Crippen molar-refractivity contribution in [3.05, 3.63) is 24.3 Å². The van der Waals surface area contributed by atoms with Crippen molar-refractivity contribution in [1.29, 1.82) is 0 Å². The van der Waals surface area contributed by atoms with Gasteiger partial charge in [0.05, 0.1) is 45.0 Å². The molecular weight excluding hydrogens is 248 g/mol. The SMILES string of the molecule is COc1ccccc1N1CC[NH+]([C@H]2CC[C@@H](C)C2)CC1. The molecule has 3 nitrogen and oxygen atoms in total. The van der Waals surface area contributed by atoms with E-state index >= 15 is 0 Å². The minimum absolute atomic E-state index is 0.921. The summed E-state index contributed by atoms with van der Waals surface area (Å²) in [4.78, 5) is 4.32. The van der Waals surface area contributed by atoms with Crippen molar-refractivity contribution in [2.45, 2.75) is 32.2 Å². The van der Waals surface area contributed by atoms with Crippen LogP contribution in [0.4, 0.5) is 5.69 Å². The number of ether oxygens (including phenoxy) is 1. The number of hydrogen-bond donors (Lipinski definition) is 1. The molecule has 110 valence electrons. The van der Waals surface area contributed by atoms with Crippen molar-refractivity contribution in [3.8, 4) is 5.75 Å². The number of rotatable bonds is 3. The summed E-state index contributed by atoms with van der Waals surface area (Å²) in [5.41, 5.74) is 1.26. The number of methoxy groups -OCH3 is 1. The van der Waals surface area contributed by atoms with Crippen molar-refractivity contribution >= 4 is 5.69 Å². The minimum atomic E-state index is 0.921. The van der Waals surface area contributed by atoms with Crippen LogP contribution in [-0.4, -0.2) is 39.3 Å². The summed E-state index contributed by atoms with van der Waals surface area (Å²) < 4.78 is 5.49. The molecule has 3 heteroatoms. The van der Waals surface area contributed by atoms with E-state index in [0.717, 1.165) is 30.8 Å². The summed E-state index contributed by atoms with van der Waals surface area (Å²) in [5.74, 6) is 1.95. The molecule has 1 aromatic rings. The van der Waals surface area contributed by atoms with Crippen molar-refractivity contribution in [2.24, 2.45) is 5.92 Å². The molecule has 2 atom stereocenters. The maximum Gasteiger partial charge on any atom is 0.142 e. The van der Waals surface area contributed by atoms with Crippen LogP contribution >= 0.6 is 0 Å². The summed E-state index contributed by atoms with van der Waals surface area (Å²) in [6.07, 6.45) is 4.31. The quantitative estimate of drug-likeness (QED) is 0.902. The van der Waals surface area contributed by atoms with Crippen molar-refractivity contribution in [3.63, 3.8) is 0 Å². The fourth-order valence-electron chi connectivity index (χ4n) is 3.91. The predicted octanol–water partition coefficient (Wildman–Crippen LogP) is 1.59. The Balaban J connectivity index is 1.61. The van der Waals surface area contributed by atoms with E-state index in [-0.39, 0.29) is 0 Å².